The van der Waals surface area contributed by atoms with Crippen LogP contribution in [0.3, 0.4) is 0 Å². The zero-order valence-corrected chi connectivity index (χ0v) is 20.0. The van der Waals surface area contributed by atoms with Crippen LogP contribution in [-0.2, 0) is 19.1 Å². The van der Waals surface area contributed by atoms with Crippen LogP contribution in [0.1, 0.15) is 51.5 Å². The Morgan fingerprint density at radius 1 is 1.26 bits per heavy atom. The van der Waals surface area contributed by atoms with Gasteiger partial charge in [-0.1, -0.05) is 62.4 Å². The molecular weight excluding hydrogens is 428 g/mol. The van der Waals surface area contributed by atoms with Crippen molar-refractivity contribution < 1.29 is 24.2 Å². The molecule has 0 saturated heterocycles. The number of benzene rings is 1. The van der Waals surface area contributed by atoms with E-state index in [0.29, 0.717) is 18.4 Å². The number of ether oxygens (including phenoxy) is 2. The van der Waals surface area contributed by atoms with Crippen LogP contribution >= 0.6 is 0 Å². The van der Waals surface area contributed by atoms with Gasteiger partial charge in [-0.25, -0.2) is 9.59 Å². The van der Waals surface area contributed by atoms with Gasteiger partial charge in [-0.2, -0.15) is 0 Å². The molecule has 2 aliphatic carbocycles. The fraction of sp³-hybridized carbons (Fsp3) is 0.448. The monoisotopic (exact) mass is 462 g/mol. The maximum absolute atomic E-state index is 12.5. The molecule has 4 rings (SSSR count). The molecule has 0 radical (unpaired) electrons. The van der Waals surface area contributed by atoms with E-state index in [4.69, 9.17) is 9.47 Å². The first kappa shape index (κ1) is 24.2. The molecule has 1 heterocycles. The molecule has 1 N–H and O–H groups in total. The van der Waals surface area contributed by atoms with Crippen LogP contribution in [0.4, 0.5) is 0 Å². The van der Waals surface area contributed by atoms with Gasteiger partial charge in [0.25, 0.3) is 0 Å². The molecule has 34 heavy (non-hydrogen) atoms. The highest BCUT2D eigenvalue weighted by atomic mass is 16.5. The van der Waals surface area contributed by atoms with Gasteiger partial charge in [0.15, 0.2) is 0 Å². The third-order valence-corrected chi connectivity index (χ3v) is 8.32. The van der Waals surface area contributed by atoms with Gasteiger partial charge in [0.2, 0.25) is 0 Å². The van der Waals surface area contributed by atoms with Crippen molar-refractivity contribution in [1.29, 1.82) is 0 Å². The summed E-state index contributed by atoms with van der Waals surface area (Å²) in [5, 5.41) is 11.1. The topological polar surface area (TPSA) is 72.8 Å². The molecular formula is C29H34O5. The van der Waals surface area contributed by atoms with E-state index >= 15 is 0 Å². The minimum Gasteiger partial charge on any atom is -0.462 e. The predicted octanol–water partition coefficient (Wildman–Crippen LogP) is 5.38. The lowest BCUT2D eigenvalue weighted by Crippen LogP contribution is -2.57. The second-order valence-corrected chi connectivity index (χ2v) is 10.3. The molecule has 1 aliphatic heterocycles. The number of rotatable bonds is 6. The number of cyclic esters (lactones) is 1. The molecule has 2 saturated carbocycles. The van der Waals surface area contributed by atoms with E-state index < -0.39 is 17.5 Å². The molecule has 3 aliphatic rings. The lowest BCUT2D eigenvalue weighted by Gasteiger charge is -2.60. The molecule has 0 aromatic heterocycles. The Bertz CT molecular complexity index is 1040. The average Bonchev–Trinajstić information content (AvgIpc) is 3.24. The number of aliphatic hydroxyl groups is 1. The van der Waals surface area contributed by atoms with Gasteiger partial charge in [0, 0.05) is 11.5 Å². The minimum absolute atomic E-state index is 0.112. The van der Waals surface area contributed by atoms with E-state index in [1.165, 1.54) is 17.9 Å². The Balaban J connectivity index is 1.49. The molecule has 5 heteroatoms. The van der Waals surface area contributed by atoms with Crippen molar-refractivity contribution in [1.82, 2.24) is 0 Å². The lowest BCUT2D eigenvalue weighted by molar-refractivity contribution is -0.170. The lowest BCUT2D eigenvalue weighted by atomic mass is 9.46. The molecule has 0 amide bonds. The SMILES string of the molecule is C=C1CCC2[C@](C)(COC(=O)/C=C/c3ccccc3)[C@H](O)CC[C@@]2(C)[C@@H]1C/C=C1\C=COC1=O. The minimum atomic E-state index is -0.554. The zero-order valence-electron chi connectivity index (χ0n) is 20.0. The second-order valence-electron chi connectivity index (χ2n) is 10.3. The van der Waals surface area contributed by atoms with Crippen molar-refractivity contribution in [3.05, 3.63) is 78.1 Å². The van der Waals surface area contributed by atoms with E-state index in [0.717, 1.165) is 24.8 Å². The number of hydrogen-bond acceptors (Lipinski definition) is 5. The van der Waals surface area contributed by atoms with Crippen LogP contribution in [-0.4, -0.2) is 29.8 Å². The van der Waals surface area contributed by atoms with Crippen LogP contribution in [0.5, 0.6) is 0 Å². The van der Waals surface area contributed by atoms with Gasteiger partial charge in [-0.05, 0) is 67.1 Å². The summed E-state index contributed by atoms with van der Waals surface area (Å²) >= 11 is 0. The van der Waals surface area contributed by atoms with Crippen LogP contribution in [0.2, 0.25) is 0 Å². The molecule has 5 nitrogen and oxygen atoms in total. The van der Waals surface area contributed by atoms with E-state index in [2.05, 4.69) is 20.4 Å². The summed E-state index contributed by atoms with van der Waals surface area (Å²) in [6.07, 6.45) is 11.7. The smallest absolute Gasteiger partial charge is 0.342 e. The first-order valence-electron chi connectivity index (χ1n) is 12.1. The van der Waals surface area contributed by atoms with Crippen molar-refractivity contribution in [3.8, 4) is 0 Å². The van der Waals surface area contributed by atoms with Crippen molar-refractivity contribution >= 4 is 18.0 Å². The van der Waals surface area contributed by atoms with E-state index in [1.807, 2.05) is 36.4 Å². The number of carbonyl (C=O) groups is 2. The van der Waals surface area contributed by atoms with Gasteiger partial charge in [0.05, 0.1) is 24.5 Å². The summed E-state index contributed by atoms with van der Waals surface area (Å²) < 4.78 is 10.6. The highest BCUT2D eigenvalue weighted by Gasteiger charge is 2.58. The van der Waals surface area contributed by atoms with Crippen molar-refractivity contribution in [2.24, 2.45) is 22.7 Å². The van der Waals surface area contributed by atoms with E-state index in [-0.39, 0.29) is 29.8 Å². The maximum atomic E-state index is 12.5. The van der Waals surface area contributed by atoms with Crippen molar-refractivity contribution in [2.75, 3.05) is 6.61 Å². The van der Waals surface area contributed by atoms with E-state index in [1.54, 1.807) is 12.2 Å². The Morgan fingerprint density at radius 2 is 2.03 bits per heavy atom. The Morgan fingerprint density at radius 3 is 2.74 bits per heavy atom. The summed E-state index contributed by atoms with van der Waals surface area (Å²) in [6.45, 7) is 8.86. The van der Waals surface area contributed by atoms with Gasteiger partial charge >= 0.3 is 11.9 Å². The first-order valence-corrected chi connectivity index (χ1v) is 12.1. The van der Waals surface area contributed by atoms with Gasteiger partial charge in [-0.3, -0.25) is 0 Å². The Hall–Kier alpha value is -2.92. The standard InChI is InChI=1S/C29H34O5/c1-20-9-13-24-28(2,23(20)12-11-22-16-18-33-27(22)32)17-15-25(30)29(24,3)19-34-26(31)14-10-21-7-5-4-6-8-21/h4-8,10-11,14,16,18,23-25,30H,1,9,12-13,15,17,19H2,2-3H3/b14-10+,22-11+/t23-,24?,25-,28+,29+/m1/s1. The third-order valence-electron chi connectivity index (χ3n) is 8.32. The average molecular weight is 463 g/mol. The van der Waals surface area contributed by atoms with Crippen LogP contribution in [0, 0.1) is 22.7 Å². The molecule has 5 atom stereocenters. The molecule has 2 fully saturated rings. The van der Waals surface area contributed by atoms with E-state index in [9.17, 15) is 14.7 Å². The molecule has 0 spiro atoms. The van der Waals surface area contributed by atoms with Crippen LogP contribution < -0.4 is 0 Å². The fourth-order valence-electron chi connectivity index (χ4n) is 6.32. The summed E-state index contributed by atoms with van der Waals surface area (Å²) in [5.41, 5.74) is 2.03. The highest BCUT2D eigenvalue weighted by Crippen LogP contribution is 2.61. The second kappa shape index (κ2) is 9.75. The van der Waals surface area contributed by atoms with Gasteiger partial charge < -0.3 is 14.6 Å². The molecule has 1 aromatic carbocycles. The molecule has 1 aromatic rings. The zero-order chi connectivity index (χ0) is 24.3. The number of hydrogen-bond donors (Lipinski definition) is 1. The molecule has 180 valence electrons. The first-order chi connectivity index (χ1) is 16.2. The number of carbonyl (C=O) groups excluding carboxylic acids is 2. The van der Waals surface area contributed by atoms with Crippen LogP contribution in [0.15, 0.2) is 72.5 Å². The predicted molar refractivity (Wildman–Crippen MR) is 131 cm³/mol. The normalized spacial score (nSPS) is 34.3. The number of fused-ring (bicyclic) bond motifs is 1. The summed E-state index contributed by atoms with van der Waals surface area (Å²) in [5.74, 6) is -0.379. The maximum Gasteiger partial charge on any atom is 0.342 e. The number of allylic oxidation sites excluding steroid dienone is 2. The van der Waals surface area contributed by atoms with Gasteiger partial charge in [0.1, 0.15) is 0 Å². The van der Waals surface area contributed by atoms with Gasteiger partial charge in [-0.15, -0.1) is 0 Å². The molecule has 0 bridgehead atoms. The summed E-state index contributed by atoms with van der Waals surface area (Å²) in [7, 11) is 0. The Kier molecular flexibility index (Phi) is 6.94. The quantitative estimate of drug-likeness (QED) is 0.349. The summed E-state index contributed by atoms with van der Waals surface area (Å²) in [6, 6.07) is 9.61. The number of aliphatic hydroxyl groups excluding tert-OH is 1. The summed E-state index contributed by atoms with van der Waals surface area (Å²) in [4.78, 5) is 24.3. The van der Waals surface area contributed by atoms with Crippen molar-refractivity contribution in [2.45, 2.75) is 52.1 Å². The third kappa shape index (κ3) is 4.67. The largest absolute Gasteiger partial charge is 0.462 e. The van der Waals surface area contributed by atoms with Crippen molar-refractivity contribution in [3.63, 3.8) is 0 Å². The van der Waals surface area contributed by atoms with Crippen LogP contribution in [0.25, 0.3) is 6.08 Å². The fourth-order valence-corrected chi connectivity index (χ4v) is 6.32. The number of esters is 2. The molecule has 1 unspecified atom stereocenters. The Labute approximate surface area is 201 Å². The highest BCUT2D eigenvalue weighted by molar-refractivity contribution is 5.94.